The Balaban J connectivity index is 1.90. The van der Waals surface area contributed by atoms with Crippen molar-refractivity contribution in [1.82, 2.24) is 16.0 Å². The second kappa shape index (κ2) is 22.7. The second-order valence-electron chi connectivity index (χ2n) is 11.0. The molecular formula is C34H46N4O14. The summed E-state index contributed by atoms with van der Waals surface area (Å²) in [6.45, 7) is 0.00428. The van der Waals surface area contributed by atoms with Crippen LogP contribution in [-0.4, -0.2) is 124 Å². The van der Waals surface area contributed by atoms with Gasteiger partial charge in [-0.25, -0.2) is 0 Å². The van der Waals surface area contributed by atoms with Crippen molar-refractivity contribution in [2.24, 2.45) is 5.73 Å². The number of carbonyl (C=O) groups is 4. The highest BCUT2D eigenvalue weighted by Crippen LogP contribution is 2.24. The van der Waals surface area contributed by atoms with E-state index in [4.69, 9.17) is 25.1 Å². The van der Waals surface area contributed by atoms with Crippen molar-refractivity contribution >= 4 is 23.5 Å². The molecule has 0 bridgehead atoms. The first-order chi connectivity index (χ1) is 24.8. The Hall–Kier alpha value is -5.08. The highest BCUT2D eigenvalue weighted by molar-refractivity contribution is 5.95. The van der Waals surface area contributed by atoms with E-state index in [-0.39, 0.29) is 32.1 Å². The molecule has 0 aromatic heterocycles. The van der Waals surface area contributed by atoms with Crippen LogP contribution in [0.15, 0.2) is 71.5 Å². The number of ketones is 1. The summed E-state index contributed by atoms with van der Waals surface area (Å²) < 4.78 is 15.9. The van der Waals surface area contributed by atoms with Gasteiger partial charge in [0.2, 0.25) is 23.7 Å². The zero-order valence-corrected chi connectivity index (χ0v) is 28.5. The van der Waals surface area contributed by atoms with E-state index in [1.165, 1.54) is 0 Å². The Morgan fingerprint density at radius 3 is 2.21 bits per heavy atom. The number of aliphatic hydroxyl groups excluding tert-OH is 7. The third-order valence-corrected chi connectivity index (χ3v) is 6.93. The van der Waals surface area contributed by atoms with Crippen molar-refractivity contribution in [1.29, 1.82) is 0 Å². The third-order valence-electron chi connectivity index (χ3n) is 6.93. The van der Waals surface area contributed by atoms with Crippen molar-refractivity contribution in [3.8, 4) is 16.9 Å². The smallest absolute Gasteiger partial charge is 0.257 e. The van der Waals surface area contributed by atoms with E-state index in [9.17, 15) is 49.8 Å². The summed E-state index contributed by atoms with van der Waals surface area (Å²) in [5.74, 6) is -5.73. The molecule has 18 nitrogen and oxygen atoms in total. The molecule has 0 unspecified atom stereocenters. The minimum atomic E-state index is -2.41. The molecule has 2 rings (SSSR count). The third kappa shape index (κ3) is 14.3. The quantitative estimate of drug-likeness (QED) is 0.0298. The van der Waals surface area contributed by atoms with Crippen molar-refractivity contribution in [2.75, 3.05) is 46.1 Å². The van der Waals surface area contributed by atoms with Crippen molar-refractivity contribution in [3.63, 3.8) is 0 Å². The number of amides is 3. The maximum atomic E-state index is 12.3. The number of hydrogen-bond acceptors (Lipinski definition) is 15. The van der Waals surface area contributed by atoms with E-state index in [1.54, 1.807) is 42.5 Å². The van der Waals surface area contributed by atoms with Crippen LogP contribution >= 0.6 is 0 Å². The van der Waals surface area contributed by atoms with Gasteiger partial charge in [-0.1, -0.05) is 24.3 Å². The summed E-state index contributed by atoms with van der Waals surface area (Å²) >= 11 is 0. The molecule has 52 heavy (non-hydrogen) atoms. The van der Waals surface area contributed by atoms with Crippen LogP contribution in [0, 0.1) is 0 Å². The Morgan fingerprint density at radius 2 is 1.58 bits per heavy atom. The summed E-state index contributed by atoms with van der Waals surface area (Å²) in [4.78, 5) is 48.0. The van der Waals surface area contributed by atoms with Crippen LogP contribution in [0.25, 0.3) is 11.1 Å². The monoisotopic (exact) mass is 734 g/mol. The predicted molar refractivity (Wildman–Crippen MR) is 183 cm³/mol. The SMILES string of the molecule is CC(=O)N/C(=C(/O)[C@@H](CCO)O[C@H](O)/C(O)=C(\O)C(=O)CCO)[C@@H](O)OCCCNC(=O)COc1ccc(-c2cccc(C(=O)NCCN)c2)cc1. The van der Waals surface area contributed by atoms with Gasteiger partial charge in [0.1, 0.15) is 23.3 Å². The lowest BCUT2D eigenvalue weighted by atomic mass is 10.0. The van der Waals surface area contributed by atoms with Gasteiger partial charge in [-0.2, -0.15) is 0 Å². The standard InChI is InChI=1S/C34H46N4O14/c1-20(41)38-28(30(45)26(11-16-40)52-34(49)31(46)29(44)25(42)10-15-39)33(48)50-17-3-13-36-27(43)19-51-24-8-6-21(7-9-24)22-4-2-5-23(18-22)32(47)37-14-12-35/h2,4-9,18,26,33-34,39-40,44-46,48-49H,3,10-17,19,35H2,1H3,(H,36,43)(H,37,47)(H,38,41)/b30-28+,31-29+/t26-,33+,34+/m1/s1. The van der Waals surface area contributed by atoms with Crippen LogP contribution < -0.4 is 26.4 Å². The van der Waals surface area contributed by atoms with Crippen LogP contribution in [0.3, 0.4) is 0 Å². The summed E-state index contributed by atoms with van der Waals surface area (Å²) in [5.41, 5.74) is 6.93. The summed E-state index contributed by atoms with van der Waals surface area (Å²) in [6.07, 6.45) is -6.97. The first-order valence-electron chi connectivity index (χ1n) is 16.1. The molecule has 0 saturated carbocycles. The van der Waals surface area contributed by atoms with Gasteiger partial charge in [0, 0.05) is 51.6 Å². The maximum Gasteiger partial charge on any atom is 0.257 e. The Morgan fingerprint density at radius 1 is 0.865 bits per heavy atom. The second-order valence-corrected chi connectivity index (χ2v) is 11.0. The minimum absolute atomic E-state index is 0.0841. The molecule has 0 aliphatic carbocycles. The minimum Gasteiger partial charge on any atom is -0.507 e. The first-order valence-corrected chi connectivity index (χ1v) is 16.1. The number of nitrogens with one attached hydrogen (secondary N) is 3. The molecule has 12 N–H and O–H groups in total. The van der Waals surface area contributed by atoms with E-state index in [2.05, 4.69) is 16.0 Å². The number of Topliss-reactive ketones (excluding diaryl/α,β-unsaturated/α-hetero) is 1. The Bertz CT molecular complexity index is 1550. The average molecular weight is 735 g/mol. The largest absolute Gasteiger partial charge is 0.507 e. The fourth-order valence-corrected chi connectivity index (χ4v) is 4.35. The number of hydrogen-bond donors (Lipinski definition) is 11. The fourth-order valence-electron chi connectivity index (χ4n) is 4.35. The number of rotatable bonds is 23. The molecule has 0 aliphatic rings. The first kappa shape index (κ1) is 43.1. The normalized spacial score (nSPS) is 13.9. The highest BCUT2D eigenvalue weighted by Gasteiger charge is 2.29. The molecule has 0 radical (unpaired) electrons. The number of allylic oxidation sites excluding steroid dienone is 1. The van der Waals surface area contributed by atoms with E-state index in [0.717, 1.165) is 18.1 Å². The average Bonchev–Trinajstić information content (AvgIpc) is 3.14. The van der Waals surface area contributed by atoms with Crippen molar-refractivity contribution in [2.45, 2.75) is 44.9 Å². The number of carbonyl (C=O) groups excluding carboxylic acids is 4. The molecule has 3 amide bonds. The molecule has 286 valence electrons. The Labute approximate surface area is 299 Å². The molecule has 0 heterocycles. The zero-order chi connectivity index (χ0) is 38.6. The maximum absolute atomic E-state index is 12.3. The molecule has 2 aromatic rings. The molecule has 0 spiro atoms. The van der Waals surface area contributed by atoms with Crippen LogP contribution in [0.4, 0.5) is 0 Å². The lowest BCUT2D eigenvalue weighted by molar-refractivity contribution is -0.140. The van der Waals surface area contributed by atoms with E-state index in [1.807, 2.05) is 6.07 Å². The van der Waals surface area contributed by atoms with Crippen LogP contribution in [0.2, 0.25) is 0 Å². The number of aliphatic hydroxyl groups is 7. The van der Waals surface area contributed by atoms with Crippen LogP contribution in [0.5, 0.6) is 5.75 Å². The number of benzene rings is 2. The van der Waals surface area contributed by atoms with Crippen LogP contribution in [0.1, 0.15) is 36.5 Å². The molecule has 0 aliphatic heterocycles. The van der Waals surface area contributed by atoms with Gasteiger partial charge in [0.05, 0.1) is 13.2 Å². The van der Waals surface area contributed by atoms with Gasteiger partial charge in [-0.05, 0) is 41.8 Å². The van der Waals surface area contributed by atoms with Crippen molar-refractivity contribution in [3.05, 3.63) is 77.1 Å². The molecule has 2 aromatic carbocycles. The lowest BCUT2D eigenvalue weighted by Gasteiger charge is -2.24. The van der Waals surface area contributed by atoms with Gasteiger partial charge in [0.25, 0.3) is 11.8 Å². The fraction of sp³-hybridized carbons (Fsp3) is 0.412. The van der Waals surface area contributed by atoms with E-state index >= 15 is 0 Å². The number of nitrogens with two attached hydrogens (primary N) is 1. The Kier molecular flexibility index (Phi) is 18.8. The van der Waals surface area contributed by atoms with Gasteiger partial charge in [0.15, 0.2) is 18.7 Å². The van der Waals surface area contributed by atoms with E-state index < -0.39 is 85.3 Å². The molecule has 18 heteroatoms. The molecule has 0 saturated heterocycles. The predicted octanol–water partition coefficient (Wildman–Crippen LogP) is -0.467. The molecular weight excluding hydrogens is 688 g/mol. The van der Waals surface area contributed by atoms with Crippen molar-refractivity contribution < 1.29 is 69.1 Å². The summed E-state index contributed by atoms with van der Waals surface area (Å²) in [6, 6.07) is 14.0. The number of ether oxygens (including phenoxy) is 3. The topological polar surface area (TPSA) is 300 Å². The lowest BCUT2D eigenvalue weighted by Crippen LogP contribution is -2.36. The van der Waals surface area contributed by atoms with Crippen LogP contribution in [-0.2, 0) is 23.9 Å². The van der Waals surface area contributed by atoms with Gasteiger partial charge in [-0.3, -0.25) is 19.2 Å². The van der Waals surface area contributed by atoms with Gasteiger partial charge in [-0.15, -0.1) is 0 Å². The highest BCUT2D eigenvalue weighted by atomic mass is 16.6. The zero-order valence-electron chi connectivity index (χ0n) is 28.5. The summed E-state index contributed by atoms with van der Waals surface area (Å²) in [5, 5.41) is 76.9. The summed E-state index contributed by atoms with van der Waals surface area (Å²) in [7, 11) is 0. The molecule has 0 fully saturated rings. The van der Waals surface area contributed by atoms with Gasteiger partial charge < -0.3 is 71.6 Å². The molecule has 3 atom stereocenters. The van der Waals surface area contributed by atoms with E-state index in [0.29, 0.717) is 24.4 Å². The van der Waals surface area contributed by atoms with Gasteiger partial charge >= 0.3 is 0 Å².